The van der Waals surface area contributed by atoms with Crippen molar-refractivity contribution >= 4 is 56.0 Å². The van der Waals surface area contributed by atoms with Crippen LogP contribution in [0, 0.1) is 0 Å². The van der Waals surface area contributed by atoms with E-state index in [4.69, 9.17) is 0 Å². The van der Waals surface area contributed by atoms with Crippen molar-refractivity contribution in [3.8, 4) is 0 Å². The van der Waals surface area contributed by atoms with E-state index in [0.29, 0.717) is 10.2 Å². The molecule has 0 spiro atoms. The van der Waals surface area contributed by atoms with Crippen LogP contribution >= 0.6 is 31.6 Å². The third-order valence-electron chi connectivity index (χ3n) is 0. The van der Waals surface area contributed by atoms with E-state index in [-0.39, 0.29) is 24.4 Å². The smallest absolute Gasteiger partial charge is 0.0261 e. The minimum absolute atomic E-state index is 0. The van der Waals surface area contributed by atoms with Gasteiger partial charge in [0.2, 0.25) is 0 Å². The molecule has 25 valence electrons. The fourth-order valence-electron chi connectivity index (χ4n) is 0. The summed E-state index contributed by atoms with van der Waals surface area (Å²) in [4.78, 5) is 0. The van der Waals surface area contributed by atoms with Crippen LogP contribution in [0.4, 0.5) is 0 Å². The fourth-order valence-corrected chi connectivity index (χ4v) is 0. The van der Waals surface area contributed by atoms with Gasteiger partial charge in [-0.25, -0.2) is 0 Å². The van der Waals surface area contributed by atoms with Crippen molar-refractivity contribution in [1.29, 1.82) is 0 Å². The third kappa shape index (κ3) is 9.26. The first-order chi connectivity index (χ1) is 1.41. The molecule has 4 heteroatoms. The van der Waals surface area contributed by atoms with Crippen LogP contribution in [0.5, 0.6) is 0 Å². The Morgan fingerprint density at radius 3 is 1.25 bits per heavy atom. The number of hydrogen-bond donors (Lipinski definition) is 0. The van der Waals surface area contributed by atoms with Crippen LogP contribution in [0.25, 0.3) is 0 Å². The largest absolute Gasteiger partial charge is 0.0523 e. The summed E-state index contributed by atoms with van der Waals surface area (Å²) in [5.74, 6) is 0. The average molecular weight is 225 g/mol. The molecule has 0 fully saturated rings. The maximum atomic E-state index is 4.68. The van der Waals surface area contributed by atoms with Gasteiger partial charge in [0.15, 0.2) is 0 Å². The summed E-state index contributed by atoms with van der Waals surface area (Å²) in [6.45, 7) is 0. The van der Waals surface area contributed by atoms with E-state index in [9.17, 15) is 0 Å². The normalized spacial score (nSPS) is 4.50. The summed E-state index contributed by atoms with van der Waals surface area (Å²) in [7, 11) is 10.1. The molecule has 0 atom stereocenters. The van der Waals surface area contributed by atoms with E-state index in [1.807, 2.05) is 0 Å². The molecule has 0 aliphatic rings. The van der Waals surface area contributed by atoms with Crippen LogP contribution in [0.2, 0.25) is 0 Å². The zero-order valence-electron chi connectivity index (χ0n) is 1.61. The van der Waals surface area contributed by atoms with E-state index in [1.165, 1.54) is 0 Å². The fraction of sp³-hybridized carbons (Fsp3) is 0. The van der Waals surface area contributed by atoms with Crippen molar-refractivity contribution in [2.75, 3.05) is 0 Å². The van der Waals surface area contributed by atoms with Crippen molar-refractivity contribution in [2.45, 2.75) is 0 Å². The second-order valence-corrected chi connectivity index (χ2v) is 1.57. The van der Waals surface area contributed by atoms with Crippen molar-refractivity contribution in [3.05, 3.63) is 0 Å². The topological polar surface area (TPSA) is 0 Å². The van der Waals surface area contributed by atoms with Gasteiger partial charge in [0.25, 0.3) is 0 Å². The zero-order valence-corrected chi connectivity index (χ0v) is 6.49. The molecular weight excluding hydrogens is 225 g/mol. The molecule has 0 saturated carbocycles. The molecule has 0 saturated heterocycles. The minimum Gasteiger partial charge on any atom is -0.0261 e. The van der Waals surface area contributed by atoms with Crippen molar-refractivity contribution < 1.29 is 0 Å². The Hall–Kier alpha value is 1.75. The quantitative estimate of drug-likeness (QED) is 0.564. The summed E-state index contributed by atoms with van der Waals surface area (Å²) in [5.41, 5.74) is 0. The van der Waals surface area contributed by atoms with Crippen molar-refractivity contribution in [2.24, 2.45) is 0 Å². The third-order valence-corrected chi connectivity index (χ3v) is 0. The van der Waals surface area contributed by atoms with Gasteiger partial charge in [-0.15, -0.1) is 0 Å². The summed E-state index contributed by atoms with van der Waals surface area (Å²) in [6, 6.07) is 0. The molecule has 0 aromatic heterocycles. The molecule has 0 heterocycles. The molecule has 0 aromatic rings. The molecule has 0 aliphatic carbocycles. The van der Waals surface area contributed by atoms with Crippen LogP contribution < -0.4 is 0 Å². The van der Waals surface area contributed by atoms with E-state index in [2.05, 4.69) is 21.4 Å². The van der Waals surface area contributed by atoms with Crippen LogP contribution in [0.3, 0.4) is 0 Å². The van der Waals surface area contributed by atoms with Gasteiger partial charge in [0.1, 0.15) is 0 Å². The monoisotopic (exact) mass is 223 g/mol. The first-order valence-electron chi connectivity index (χ1n) is 0.309. The van der Waals surface area contributed by atoms with E-state index in [1.54, 1.807) is 0 Å². The van der Waals surface area contributed by atoms with E-state index < -0.39 is 0 Å². The van der Waals surface area contributed by atoms with E-state index >= 15 is 0 Å². The van der Waals surface area contributed by atoms with Gasteiger partial charge in [0.05, 0.1) is 10.2 Å². The predicted molar refractivity (Wildman–Crippen MR) is 25.1 cm³/mol. The summed E-state index contributed by atoms with van der Waals surface area (Å²) >= 11 is 0. The van der Waals surface area contributed by atoms with Gasteiger partial charge in [-0.3, -0.25) is 0 Å². The van der Waals surface area contributed by atoms with Gasteiger partial charge < -0.3 is 0 Å². The number of rotatable bonds is 0. The molecule has 0 aliphatic heterocycles. The Bertz CT molecular complexity index is 6.00. The predicted octanol–water partition coefficient (Wildman–Crippen LogP) is 1.65. The maximum Gasteiger partial charge on any atom is 0.0523 e. The van der Waals surface area contributed by atoms with Gasteiger partial charge in [-0.2, -0.15) is 0 Å². The molecule has 0 unspecified atom stereocenters. The second kappa shape index (κ2) is 8.83. The van der Waals surface area contributed by atoms with Crippen LogP contribution in [-0.4, -0.2) is 24.4 Å². The standard InChI is InChI=1S/Cl2S.Sb/c1-3-2;. The van der Waals surface area contributed by atoms with Gasteiger partial charge in [0, 0.05) is 24.4 Å². The first-order valence-corrected chi connectivity index (χ1v) is 2.78. The minimum atomic E-state index is 0. The van der Waals surface area contributed by atoms with Gasteiger partial charge in [-0.1, -0.05) is 0 Å². The Morgan fingerprint density at radius 2 is 1.25 bits per heavy atom. The average Bonchev–Trinajstić information content (AvgIpc) is 0.918. The van der Waals surface area contributed by atoms with Crippen LogP contribution in [0.1, 0.15) is 0 Å². The van der Waals surface area contributed by atoms with Crippen LogP contribution in [0.15, 0.2) is 0 Å². The molecule has 0 amide bonds. The molecule has 3 radical (unpaired) electrons. The van der Waals surface area contributed by atoms with E-state index in [0.717, 1.165) is 0 Å². The van der Waals surface area contributed by atoms with Gasteiger partial charge in [-0.05, 0) is 21.4 Å². The Morgan fingerprint density at radius 1 is 1.25 bits per heavy atom. The molecular formula is Cl2SSb. The molecule has 0 bridgehead atoms. The Balaban J connectivity index is 0. The second-order valence-electron chi connectivity index (χ2n) is 0.0583. The number of hydrogen-bond acceptors (Lipinski definition) is 1. The van der Waals surface area contributed by atoms with Gasteiger partial charge >= 0.3 is 0 Å². The Kier molecular flexibility index (Phi) is 20.4. The van der Waals surface area contributed by atoms with Crippen molar-refractivity contribution in [1.82, 2.24) is 0 Å². The summed E-state index contributed by atoms with van der Waals surface area (Å²) < 4.78 is 0. The van der Waals surface area contributed by atoms with Crippen molar-refractivity contribution in [3.63, 3.8) is 0 Å². The molecule has 0 rings (SSSR count). The molecule has 4 heavy (non-hydrogen) atoms. The number of halogens is 2. The first kappa shape index (κ1) is 9.22. The zero-order chi connectivity index (χ0) is 2.71. The maximum absolute atomic E-state index is 4.68. The van der Waals surface area contributed by atoms with Crippen LogP contribution in [-0.2, 0) is 0 Å². The summed E-state index contributed by atoms with van der Waals surface area (Å²) in [6.07, 6.45) is 0. The molecule has 0 aromatic carbocycles. The molecule has 0 N–H and O–H groups in total. The molecule has 0 nitrogen and oxygen atoms in total. The Labute approximate surface area is 55.7 Å². The SMILES string of the molecule is ClSCl.[Sb]. The summed E-state index contributed by atoms with van der Waals surface area (Å²) in [5, 5.41) is 0.